The highest BCUT2D eigenvalue weighted by molar-refractivity contribution is 6.16. The topological polar surface area (TPSA) is 32.2 Å². The number of rotatable bonds is 3. The second-order valence-corrected chi connectivity index (χ2v) is 13.7. The van der Waals surface area contributed by atoms with Gasteiger partial charge in [-0.25, -0.2) is 0 Å². The molecule has 242 valence electrons. The monoisotopic (exact) mass is 664 g/mol. The molecule has 0 saturated heterocycles. The maximum absolute atomic E-state index is 6.38. The predicted molar refractivity (Wildman–Crippen MR) is 213 cm³/mol. The zero-order chi connectivity index (χ0) is 33.9. The first-order chi connectivity index (χ1) is 25.8. The first-order valence-electron chi connectivity index (χ1n) is 17.7. The molecule has 11 aromatic rings. The van der Waals surface area contributed by atoms with E-state index >= 15 is 0 Å². The quantitative estimate of drug-likeness (QED) is 0.188. The third-order valence-corrected chi connectivity index (χ3v) is 10.9. The lowest BCUT2D eigenvalue weighted by Crippen LogP contribution is -2.04. The molecule has 1 aliphatic rings. The van der Waals surface area contributed by atoms with Crippen LogP contribution in [0.5, 0.6) is 11.5 Å². The molecule has 0 atom stereocenters. The normalized spacial score (nSPS) is 12.4. The maximum atomic E-state index is 6.38. The van der Waals surface area contributed by atoms with E-state index in [-0.39, 0.29) is 0 Å². The Morgan fingerprint density at radius 1 is 0.365 bits per heavy atom. The van der Waals surface area contributed by atoms with Crippen LogP contribution >= 0.6 is 0 Å². The fourth-order valence-corrected chi connectivity index (χ4v) is 8.61. The standard InChI is InChI=1S/C48H28N2O2/c1-3-14-40-34(9-1)39-27-30(31-21-25-36-35-10-2-5-16-43(35)51-46(36)28-31)22-26-41(39)49(40)32-23-19-29(20-24-32)33-11-7-12-37-38-13-8-18-45-48(38)50(47(33)37)42-15-4-6-17-44(42)52-45/h1-28H. The minimum atomic E-state index is 0.870. The zero-order valence-corrected chi connectivity index (χ0v) is 27.9. The molecule has 0 spiro atoms. The number of hydrogen-bond donors (Lipinski definition) is 0. The van der Waals surface area contributed by atoms with E-state index in [2.05, 4.69) is 155 Å². The van der Waals surface area contributed by atoms with Crippen LogP contribution in [-0.4, -0.2) is 9.13 Å². The first-order valence-corrected chi connectivity index (χ1v) is 17.7. The number of benzene rings is 8. The van der Waals surface area contributed by atoms with Gasteiger partial charge in [0.25, 0.3) is 0 Å². The largest absolute Gasteiger partial charge is 0.456 e. The molecule has 0 N–H and O–H groups in total. The van der Waals surface area contributed by atoms with Crippen molar-refractivity contribution in [1.82, 2.24) is 9.13 Å². The van der Waals surface area contributed by atoms with Gasteiger partial charge in [-0.1, -0.05) is 103 Å². The van der Waals surface area contributed by atoms with E-state index in [0.29, 0.717) is 0 Å². The van der Waals surface area contributed by atoms with Gasteiger partial charge in [-0.3, -0.25) is 0 Å². The SMILES string of the molecule is c1ccc2c(c1)Oc1cccc3c4cccc(-c5ccc(-n6c7ccccc7c7cc(-c8ccc9c(c8)oc8ccccc89)ccc76)cc5)c4n-2c13. The molecular formula is C48H28N2O2. The third-order valence-electron chi connectivity index (χ3n) is 10.9. The van der Waals surface area contributed by atoms with Crippen LogP contribution in [0.25, 0.3) is 99.2 Å². The summed E-state index contributed by atoms with van der Waals surface area (Å²) in [4.78, 5) is 0. The van der Waals surface area contributed by atoms with E-state index in [1.165, 1.54) is 54.8 Å². The van der Waals surface area contributed by atoms with E-state index in [1.54, 1.807) is 0 Å². The number of aromatic nitrogens is 2. The summed E-state index contributed by atoms with van der Waals surface area (Å²) in [6, 6.07) is 60.7. The molecule has 0 fully saturated rings. The number of para-hydroxylation sites is 6. The van der Waals surface area contributed by atoms with Gasteiger partial charge in [0, 0.05) is 43.6 Å². The van der Waals surface area contributed by atoms with Gasteiger partial charge < -0.3 is 18.3 Å². The van der Waals surface area contributed by atoms with Crippen LogP contribution < -0.4 is 4.74 Å². The Balaban J connectivity index is 1.00. The lowest BCUT2D eigenvalue weighted by Gasteiger charge is -2.21. The minimum absolute atomic E-state index is 0.870. The number of ether oxygens (including phenoxy) is 1. The van der Waals surface area contributed by atoms with Crippen molar-refractivity contribution in [3.05, 3.63) is 170 Å². The smallest absolute Gasteiger partial charge is 0.152 e. The van der Waals surface area contributed by atoms with Gasteiger partial charge in [0.2, 0.25) is 0 Å². The lowest BCUT2D eigenvalue weighted by molar-refractivity contribution is 0.476. The highest BCUT2D eigenvalue weighted by atomic mass is 16.5. The fraction of sp³-hybridized carbons (Fsp3) is 0. The average molecular weight is 665 g/mol. The summed E-state index contributed by atoms with van der Waals surface area (Å²) in [5.74, 6) is 1.76. The summed E-state index contributed by atoms with van der Waals surface area (Å²) in [5, 5.41) is 7.16. The Hall–Kier alpha value is -7.04. The van der Waals surface area contributed by atoms with E-state index in [0.717, 1.165) is 55.9 Å². The summed E-state index contributed by atoms with van der Waals surface area (Å²) in [6.07, 6.45) is 0. The second-order valence-electron chi connectivity index (χ2n) is 13.7. The van der Waals surface area contributed by atoms with Gasteiger partial charge in [0.1, 0.15) is 11.2 Å². The molecule has 3 aromatic heterocycles. The van der Waals surface area contributed by atoms with Crippen LogP contribution in [0.1, 0.15) is 0 Å². The molecule has 0 bridgehead atoms. The highest BCUT2D eigenvalue weighted by Crippen LogP contribution is 2.47. The van der Waals surface area contributed by atoms with Crippen molar-refractivity contribution < 1.29 is 9.15 Å². The molecule has 4 heteroatoms. The molecule has 12 rings (SSSR count). The number of fused-ring (bicyclic) bond motifs is 11. The Bertz CT molecular complexity index is 3270. The number of nitrogens with zero attached hydrogens (tertiary/aromatic N) is 2. The molecule has 4 nitrogen and oxygen atoms in total. The zero-order valence-electron chi connectivity index (χ0n) is 27.9. The Morgan fingerprint density at radius 3 is 1.94 bits per heavy atom. The van der Waals surface area contributed by atoms with Gasteiger partial charge in [0.15, 0.2) is 11.5 Å². The van der Waals surface area contributed by atoms with Gasteiger partial charge in [-0.2, -0.15) is 0 Å². The predicted octanol–water partition coefficient (Wildman–Crippen LogP) is 13.2. The summed E-state index contributed by atoms with van der Waals surface area (Å²) in [5.41, 5.74) is 13.4. The fourth-order valence-electron chi connectivity index (χ4n) is 8.61. The first kappa shape index (κ1) is 27.7. The van der Waals surface area contributed by atoms with Crippen LogP contribution in [0.15, 0.2) is 174 Å². The molecule has 8 aromatic carbocycles. The molecule has 0 amide bonds. The van der Waals surface area contributed by atoms with Crippen molar-refractivity contribution in [3.8, 4) is 45.1 Å². The molecule has 0 aliphatic carbocycles. The Labute approximate surface area is 297 Å². The molecule has 52 heavy (non-hydrogen) atoms. The van der Waals surface area contributed by atoms with Crippen molar-refractivity contribution in [3.63, 3.8) is 0 Å². The highest BCUT2D eigenvalue weighted by Gasteiger charge is 2.25. The van der Waals surface area contributed by atoms with E-state index in [1.807, 2.05) is 24.3 Å². The Morgan fingerprint density at radius 2 is 1.02 bits per heavy atom. The van der Waals surface area contributed by atoms with Crippen LogP contribution in [0.2, 0.25) is 0 Å². The molecule has 4 heterocycles. The lowest BCUT2D eigenvalue weighted by atomic mass is 10.0. The Kier molecular flexibility index (Phi) is 5.47. The van der Waals surface area contributed by atoms with Gasteiger partial charge in [0.05, 0.1) is 27.8 Å². The summed E-state index contributed by atoms with van der Waals surface area (Å²) < 4.78 is 17.4. The average Bonchev–Trinajstić information content (AvgIpc) is 3.86. The summed E-state index contributed by atoms with van der Waals surface area (Å²) in [6.45, 7) is 0. The second kappa shape index (κ2) is 10.3. The van der Waals surface area contributed by atoms with Gasteiger partial charge in [-0.05, 0) is 83.4 Å². The van der Waals surface area contributed by atoms with E-state index in [4.69, 9.17) is 9.15 Å². The van der Waals surface area contributed by atoms with Gasteiger partial charge >= 0.3 is 0 Å². The molecule has 1 aliphatic heterocycles. The summed E-state index contributed by atoms with van der Waals surface area (Å²) >= 11 is 0. The van der Waals surface area contributed by atoms with Crippen LogP contribution in [-0.2, 0) is 0 Å². The van der Waals surface area contributed by atoms with E-state index < -0.39 is 0 Å². The molecule has 0 radical (unpaired) electrons. The van der Waals surface area contributed by atoms with E-state index in [9.17, 15) is 0 Å². The van der Waals surface area contributed by atoms with Crippen molar-refractivity contribution in [1.29, 1.82) is 0 Å². The van der Waals surface area contributed by atoms with Gasteiger partial charge in [-0.15, -0.1) is 0 Å². The van der Waals surface area contributed by atoms with Crippen molar-refractivity contribution in [2.75, 3.05) is 0 Å². The maximum Gasteiger partial charge on any atom is 0.152 e. The van der Waals surface area contributed by atoms with Crippen molar-refractivity contribution >= 4 is 65.6 Å². The minimum Gasteiger partial charge on any atom is -0.456 e. The van der Waals surface area contributed by atoms with Crippen molar-refractivity contribution in [2.24, 2.45) is 0 Å². The molecule has 0 saturated carbocycles. The number of furan rings is 1. The van der Waals surface area contributed by atoms with Crippen molar-refractivity contribution in [2.45, 2.75) is 0 Å². The molecule has 0 unspecified atom stereocenters. The van der Waals surface area contributed by atoms with Crippen LogP contribution in [0.4, 0.5) is 0 Å². The van der Waals surface area contributed by atoms with Crippen LogP contribution in [0.3, 0.4) is 0 Å². The summed E-state index contributed by atoms with van der Waals surface area (Å²) in [7, 11) is 0. The number of hydrogen-bond acceptors (Lipinski definition) is 2. The third kappa shape index (κ3) is 3.75. The molecular weight excluding hydrogens is 637 g/mol. The van der Waals surface area contributed by atoms with Crippen LogP contribution in [0, 0.1) is 0 Å².